The molecule has 1 atom stereocenters. The number of para-hydroxylation sites is 2. The molecule has 1 amide bonds. The van der Waals surface area contributed by atoms with Gasteiger partial charge in [0.2, 0.25) is 11.1 Å². The highest BCUT2D eigenvalue weighted by Crippen LogP contribution is 2.30. The Kier molecular flexibility index (Phi) is 6.00. The monoisotopic (exact) mass is 410 g/mol. The van der Waals surface area contributed by atoms with Crippen LogP contribution in [0.1, 0.15) is 12.5 Å². The normalized spacial score (nSPS) is 15.1. The first kappa shape index (κ1) is 19.3. The lowest BCUT2D eigenvalue weighted by Crippen LogP contribution is -2.41. The first-order valence-electron chi connectivity index (χ1n) is 9.51. The van der Waals surface area contributed by atoms with Crippen molar-refractivity contribution in [2.45, 2.75) is 24.6 Å². The van der Waals surface area contributed by atoms with Crippen LogP contribution in [0.3, 0.4) is 0 Å². The Labute approximate surface area is 173 Å². The van der Waals surface area contributed by atoms with Crippen molar-refractivity contribution in [2.24, 2.45) is 0 Å². The van der Waals surface area contributed by atoms with Gasteiger partial charge in [0, 0.05) is 5.56 Å². The molecule has 3 aromatic rings. The lowest BCUT2D eigenvalue weighted by atomic mass is 10.1. The van der Waals surface area contributed by atoms with Crippen molar-refractivity contribution in [3.63, 3.8) is 0 Å². The highest BCUT2D eigenvalue weighted by Gasteiger charge is 2.21. The molecule has 2 N–H and O–H groups in total. The summed E-state index contributed by atoms with van der Waals surface area (Å²) in [6, 6.07) is 15.7. The van der Waals surface area contributed by atoms with Gasteiger partial charge in [-0.25, -0.2) is 4.98 Å². The molecule has 0 fully saturated rings. The van der Waals surface area contributed by atoms with E-state index in [0.717, 1.165) is 17.7 Å². The second-order valence-corrected chi connectivity index (χ2v) is 7.55. The Morgan fingerprint density at radius 3 is 2.79 bits per heavy atom. The molecular weight excluding hydrogens is 388 g/mol. The van der Waals surface area contributed by atoms with Crippen LogP contribution in [-0.2, 0) is 11.2 Å². The average Bonchev–Trinajstić information content (AvgIpc) is 3.25. The highest BCUT2D eigenvalue weighted by molar-refractivity contribution is 7.99. The number of thioether (sulfide) groups is 1. The molecule has 4 rings (SSSR count). The molecule has 2 aromatic carbocycles. The summed E-state index contributed by atoms with van der Waals surface area (Å²) in [5.74, 6) is 2.26. The Balaban J connectivity index is 1.23. The number of carbonyl (C=O) groups is 1. The minimum atomic E-state index is -0.208. The van der Waals surface area contributed by atoms with Gasteiger partial charge in [-0.2, -0.15) is 0 Å². The second-order valence-electron chi connectivity index (χ2n) is 6.61. The van der Waals surface area contributed by atoms with Crippen molar-refractivity contribution in [2.75, 3.05) is 18.9 Å². The number of rotatable bonds is 7. The number of H-pyrrole nitrogens is 1. The molecule has 0 bridgehead atoms. The summed E-state index contributed by atoms with van der Waals surface area (Å²) in [7, 11) is 0. The molecule has 1 aliphatic heterocycles. The topological polar surface area (TPSA) is 89.1 Å². The van der Waals surface area contributed by atoms with Gasteiger partial charge in [0.1, 0.15) is 12.7 Å². The Morgan fingerprint density at radius 1 is 1.21 bits per heavy atom. The number of nitrogens with one attached hydrogen (secondary N) is 2. The summed E-state index contributed by atoms with van der Waals surface area (Å²) in [5, 5.41) is 10.5. The number of ether oxygens (including phenoxy) is 2. The zero-order valence-corrected chi connectivity index (χ0v) is 16.9. The van der Waals surface area contributed by atoms with E-state index in [4.69, 9.17) is 9.47 Å². The van der Waals surface area contributed by atoms with Gasteiger partial charge in [-0.15, -0.1) is 5.10 Å². The largest absolute Gasteiger partial charge is 0.486 e. The Hall–Kier alpha value is -3.00. The Morgan fingerprint density at radius 2 is 2.00 bits per heavy atom. The number of hydrogen-bond acceptors (Lipinski definition) is 6. The third kappa shape index (κ3) is 4.89. The van der Waals surface area contributed by atoms with Crippen molar-refractivity contribution >= 4 is 17.7 Å². The zero-order valence-electron chi connectivity index (χ0n) is 16.1. The molecule has 0 saturated carbocycles. The van der Waals surface area contributed by atoms with Gasteiger partial charge in [-0.1, -0.05) is 55.1 Å². The molecule has 0 spiro atoms. The number of nitrogens with zero attached hydrogens (tertiary/aromatic N) is 2. The van der Waals surface area contributed by atoms with Crippen LogP contribution in [0, 0.1) is 0 Å². The van der Waals surface area contributed by atoms with Gasteiger partial charge in [0.15, 0.2) is 17.3 Å². The molecule has 1 aromatic heterocycles. The summed E-state index contributed by atoms with van der Waals surface area (Å²) in [4.78, 5) is 16.6. The number of aromatic amines is 1. The minimum Gasteiger partial charge on any atom is -0.486 e. The number of amides is 1. The Bertz CT molecular complexity index is 974. The lowest BCUT2D eigenvalue weighted by molar-refractivity contribution is -0.119. The van der Waals surface area contributed by atoms with E-state index in [2.05, 4.69) is 39.6 Å². The van der Waals surface area contributed by atoms with Crippen molar-refractivity contribution in [3.05, 3.63) is 54.1 Å². The molecule has 0 saturated heterocycles. The van der Waals surface area contributed by atoms with Crippen LogP contribution < -0.4 is 14.8 Å². The van der Waals surface area contributed by atoms with Crippen LogP contribution >= 0.6 is 11.8 Å². The van der Waals surface area contributed by atoms with Crippen LogP contribution in [0.15, 0.2) is 53.7 Å². The maximum absolute atomic E-state index is 12.2. The van der Waals surface area contributed by atoms with Crippen molar-refractivity contribution in [1.82, 2.24) is 20.5 Å². The SMILES string of the molecule is CCc1ccc(-c2nc(SCC(=O)NC[C@@H]3COc4ccccc4O3)n[nH]2)cc1. The highest BCUT2D eigenvalue weighted by atomic mass is 32.2. The zero-order chi connectivity index (χ0) is 20.1. The molecule has 2 heterocycles. The predicted molar refractivity (Wildman–Crippen MR) is 111 cm³/mol. The summed E-state index contributed by atoms with van der Waals surface area (Å²) >= 11 is 1.29. The first-order valence-corrected chi connectivity index (χ1v) is 10.5. The van der Waals surface area contributed by atoms with E-state index < -0.39 is 0 Å². The fraction of sp³-hybridized carbons (Fsp3) is 0.286. The van der Waals surface area contributed by atoms with Crippen LogP contribution in [-0.4, -0.2) is 46.1 Å². The molecule has 0 radical (unpaired) electrons. The summed E-state index contributed by atoms with van der Waals surface area (Å²) in [6.45, 7) is 2.91. The molecule has 29 heavy (non-hydrogen) atoms. The summed E-state index contributed by atoms with van der Waals surface area (Å²) in [5.41, 5.74) is 2.25. The van der Waals surface area contributed by atoms with Crippen LogP contribution in [0.5, 0.6) is 11.5 Å². The third-order valence-electron chi connectivity index (χ3n) is 4.53. The lowest BCUT2D eigenvalue weighted by Gasteiger charge is -2.26. The van der Waals surface area contributed by atoms with Gasteiger partial charge < -0.3 is 14.8 Å². The number of aromatic nitrogens is 3. The van der Waals surface area contributed by atoms with Crippen molar-refractivity contribution < 1.29 is 14.3 Å². The average molecular weight is 410 g/mol. The van der Waals surface area contributed by atoms with E-state index in [-0.39, 0.29) is 17.8 Å². The third-order valence-corrected chi connectivity index (χ3v) is 5.37. The van der Waals surface area contributed by atoms with E-state index in [0.29, 0.717) is 29.9 Å². The molecule has 8 heteroatoms. The fourth-order valence-corrected chi connectivity index (χ4v) is 3.54. The molecule has 0 aliphatic carbocycles. The maximum atomic E-state index is 12.2. The van der Waals surface area contributed by atoms with E-state index in [9.17, 15) is 4.79 Å². The predicted octanol–water partition coefficient (Wildman–Crippen LogP) is 3.08. The van der Waals surface area contributed by atoms with E-state index in [1.165, 1.54) is 17.3 Å². The van der Waals surface area contributed by atoms with Crippen molar-refractivity contribution in [3.8, 4) is 22.9 Å². The van der Waals surface area contributed by atoms with E-state index in [1.807, 2.05) is 36.4 Å². The molecular formula is C21H22N4O3S. The molecule has 0 unspecified atom stereocenters. The smallest absolute Gasteiger partial charge is 0.230 e. The second kappa shape index (κ2) is 9.00. The number of aryl methyl sites for hydroxylation is 1. The van der Waals surface area contributed by atoms with Gasteiger partial charge in [0.25, 0.3) is 0 Å². The quantitative estimate of drug-likeness (QED) is 0.582. The number of hydrogen-bond donors (Lipinski definition) is 2. The molecule has 1 aliphatic rings. The number of fused-ring (bicyclic) bond motifs is 1. The first-order chi connectivity index (χ1) is 14.2. The fourth-order valence-electron chi connectivity index (χ4n) is 2.91. The summed E-state index contributed by atoms with van der Waals surface area (Å²) < 4.78 is 11.5. The number of benzene rings is 2. The van der Waals surface area contributed by atoms with Crippen LogP contribution in [0.2, 0.25) is 0 Å². The minimum absolute atomic E-state index is 0.101. The van der Waals surface area contributed by atoms with Crippen molar-refractivity contribution in [1.29, 1.82) is 0 Å². The van der Waals surface area contributed by atoms with E-state index in [1.54, 1.807) is 0 Å². The van der Waals surface area contributed by atoms with E-state index >= 15 is 0 Å². The van der Waals surface area contributed by atoms with Gasteiger partial charge in [0.05, 0.1) is 12.3 Å². The maximum Gasteiger partial charge on any atom is 0.230 e. The van der Waals surface area contributed by atoms with Gasteiger partial charge >= 0.3 is 0 Å². The molecule has 7 nitrogen and oxygen atoms in total. The number of carbonyl (C=O) groups excluding carboxylic acids is 1. The summed E-state index contributed by atoms with van der Waals surface area (Å²) in [6.07, 6.45) is 0.789. The van der Waals surface area contributed by atoms with Gasteiger partial charge in [-0.05, 0) is 24.1 Å². The van der Waals surface area contributed by atoms with Crippen LogP contribution in [0.4, 0.5) is 0 Å². The standard InChI is InChI=1S/C21H22N4O3S/c1-2-14-7-9-15(10-8-14)20-23-21(25-24-20)29-13-19(26)22-11-16-12-27-17-5-3-4-6-18(17)28-16/h3-10,16H,2,11-13H2,1H3,(H,22,26)(H,23,24,25)/t16-/m1/s1. The van der Waals surface area contributed by atoms with Crippen LogP contribution in [0.25, 0.3) is 11.4 Å². The molecule has 150 valence electrons. The van der Waals surface area contributed by atoms with Gasteiger partial charge in [-0.3, -0.25) is 9.89 Å².